The van der Waals surface area contributed by atoms with E-state index in [0.717, 1.165) is 25.1 Å². The standard InChI is InChI=1S/C10H14N2O3/c11-8-1-3-12(6-8)5-7-2-4-15-9(7)10(13)14/h2,4,8H,1,3,5-6,11H2,(H,13,14). The summed E-state index contributed by atoms with van der Waals surface area (Å²) in [5.41, 5.74) is 6.49. The molecule has 0 radical (unpaired) electrons. The van der Waals surface area contributed by atoms with Crippen molar-refractivity contribution in [1.82, 2.24) is 4.90 Å². The van der Waals surface area contributed by atoms with Gasteiger partial charge in [-0.25, -0.2) is 4.79 Å². The lowest BCUT2D eigenvalue weighted by atomic mass is 10.2. The Labute approximate surface area is 87.5 Å². The van der Waals surface area contributed by atoms with Crippen LogP contribution in [0.4, 0.5) is 0 Å². The molecule has 1 atom stereocenters. The second-order valence-electron chi connectivity index (χ2n) is 3.86. The largest absolute Gasteiger partial charge is 0.475 e. The molecule has 5 heteroatoms. The van der Waals surface area contributed by atoms with Gasteiger partial charge in [-0.2, -0.15) is 0 Å². The topological polar surface area (TPSA) is 79.7 Å². The molecule has 82 valence electrons. The number of furan rings is 1. The predicted molar refractivity (Wildman–Crippen MR) is 53.5 cm³/mol. The maximum atomic E-state index is 10.8. The van der Waals surface area contributed by atoms with E-state index >= 15 is 0 Å². The number of nitrogens with two attached hydrogens (primary N) is 1. The van der Waals surface area contributed by atoms with Crippen LogP contribution in [0.1, 0.15) is 22.5 Å². The van der Waals surface area contributed by atoms with Gasteiger partial charge in [0.15, 0.2) is 0 Å². The van der Waals surface area contributed by atoms with Gasteiger partial charge in [-0.3, -0.25) is 4.90 Å². The number of likely N-dealkylation sites (tertiary alicyclic amines) is 1. The third kappa shape index (κ3) is 2.19. The van der Waals surface area contributed by atoms with Crippen LogP contribution >= 0.6 is 0 Å². The zero-order valence-electron chi connectivity index (χ0n) is 8.35. The fourth-order valence-electron chi connectivity index (χ4n) is 1.89. The minimum atomic E-state index is -1.02. The van der Waals surface area contributed by atoms with Crippen molar-refractivity contribution in [2.45, 2.75) is 19.0 Å². The van der Waals surface area contributed by atoms with Crippen LogP contribution in [-0.4, -0.2) is 35.1 Å². The summed E-state index contributed by atoms with van der Waals surface area (Å²) in [6.45, 7) is 2.35. The molecule has 0 amide bonds. The summed E-state index contributed by atoms with van der Waals surface area (Å²) in [5, 5.41) is 8.84. The average Bonchev–Trinajstić information content (AvgIpc) is 2.75. The van der Waals surface area contributed by atoms with Gasteiger partial charge < -0.3 is 15.3 Å². The summed E-state index contributed by atoms with van der Waals surface area (Å²) >= 11 is 0. The van der Waals surface area contributed by atoms with Crippen molar-refractivity contribution < 1.29 is 14.3 Å². The van der Waals surface area contributed by atoms with Crippen LogP contribution in [0.15, 0.2) is 16.7 Å². The Bertz CT molecular complexity index is 361. The van der Waals surface area contributed by atoms with Gasteiger partial charge in [0.25, 0.3) is 0 Å². The fourth-order valence-corrected chi connectivity index (χ4v) is 1.89. The van der Waals surface area contributed by atoms with E-state index in [1.54, 1.807) is 6.07 Å². The molecule has 0 aromatic carbocycles. The quantitative estimate of drug-likeness (QED) is 0.759. The Balaban J connectivity index is 2.04. The van der Waals surface area contributed by atoms with Crippen LogP contribution in [0.5, 0.6) is 0 Å². The molecule has 1 aliphatic rings. The fraction of sp³-hybridized carbons (Fsp3) is 0.500. The smallest absolute Gasteiger partial charge is 0.372 e. The van der Waals surface area contributed by atoms with E-state index in [4.69, 9.17) is 15.3 Å². The molecular formula is C10H14N2O3. The van der Waals surface area contributed by atoms with Crippen molar-refractivity contribution in [3.8, 4) is 0 Å². The van der Waals surface area contributed by atoms with Gasteiger partial charge in [0.2, 0.25) is 5.76 Å². The summed E-state index contributed by atoms with van der Waals surface area (Å²) in [7, 11) is 0. The van der Waals surface area contributed by atoms with E-state index in [9.17, 15) is 4.79 Å². The highest BCUT2D eigenvalue weighted by Gasteiger charge is 2.22. The molecule has 1 unspecified atom stereocenters. The second-order valence-corrected chi connectivity index (χ2v) is 3.86. The number of carboxylic acid groups (broad SMARTS) is 1. The van der Waals surface area contributed by atoms with Gasteiger partial charge in [0.1, 0.15) is 0 Å². The van der Waals surface area contributed by atoms with E-state index in [2.05, 4.69) is 4.90 Å². The van der Waals surface area contributed by atoms with Gasteiger partial charge in [-0.15, -0.1) is 0 Å². The Kier molecular flexibility index (Phi) is 2.75. The van der Waals surface area contributed by atoms with Crippen molar-refractivity contribution >= 4 is 5.97 Å². The average molecular weight is 210 g/mol. The summed E-state index contributed by atoms with van der Waals surface area (Å²) < 4.78 is 4.91. The SMILES string of the molecule is NC1CCN(Cc2ccoc2C(=O)O)C1. The van der Waals surface area contributed by atoms with Crippen molar-refractivity contribution in [3.63, 3.8) is 0 Å². The highest BCUT2D eigenvalue weighted by atomic mass is 16.4. The lowest BCUT2D eigenvalue weighted by molar-refractivity contribution is 0.0659. The number of carboxylic acids is 1. The Morgan fingerprint density at radius 1 is 1.73 bits per heavy atom. The van der Waals surface area contributed by atoms with E-state index in [0.29, 0.717) is 6.54 Å². The highest BCUT2D eigenvalue weighted by molar-refractivity contribution is 5.86. The summed E-state index contributed by atoms with van der Waals surface area (Å²) in [4.78, 5) is 12.9. The molecule has 0 saturated carbocycles. The summed E-state index contributed by atoms with van der Waals surface area (Å²) in [6.07, 6.45) is 2.38. The number of rotatable bonds is 3. The van der Waals surface area contributed by atoms with E-state index in [1.165, 1.54) is 6.26 Å². The Morgan fingerprint density at radius 3 is 3.13 bits per heavy atom. The number of carbonyl (C=O) groups is 1. The van der Waals surface area contributed by atoms with E-state index in [-0.39, 0.29) is 11.8 Å². The van der Waals surface area contributed by atoms with Crippen LogP contribution in [-0.2, 0) is 6.54 Å². The second kappa shape index (κ2) is 4.04. The molecule has 2 heterocycles. The molecule has 1 aromatic heterocycles. The number of hydrogen-bond acceptors (Lipinski definition) is 4. The third-order valence-corrected chi connectivity index (χ3v) is 2.64. The molecule has 15 heavy (non-hydrogen) atoms. The molecule has 1 fully saturated rings. The zero-order valence-corrected chi connectivity index (χ0v) is 8.35. The van der Waals surface area contributed by atoms with Gasteiger partial charge in [0.05, 0.1) is 6.26 Å². The molecule has 1 aliphatic heterocycles. The Hall–Kier alpha value is -1.33. The normalized spacial score (nSPS) is 22.1. The Morgan fingerprint density at radius 2 is 2.53 bits per heavy atom. The lowest BCUT2D eigenvalue weighted by Gasteiger charge is -2.13. The summed E-state index contributed by atoms with van der Waals surface area (Å²) in [5.74, 6) is -0.978. The van der Waals surface area contributed by atoms with E-state index < -0.39 is 5.97 Å². The molecule has 0 bridgehead atoms. The number of hydrogen-bond donors (Lipinski definition) is 2. The minimum Gasteiger partial charge on any atom is -0.475 e. The molecule has 5 nitrogen and oxygen atoms in total. The zero-order chi connectivity index (χ0) is 10.8. The first-order valence-corrected chi connectivity index (χ1v) is 4.94. The van der Waals surface area contributed by atoms with Crippen LogP contribution in [0.2, 0.25) is 0 Å². The lowest BCUT2D eigenvalue weighted by Crippen LogP contribution is -2.26. The van der Waals surface area contributed by atoms with Crippen molar-refractivity contribution in [2.24, 2.45) is 5.73 Å². The molecule has 2 rings (SSSR count). The predicted octanol–water partition coefficient (Wildman–Crippen LogP) is 0.511. The maximum absolute atomic E-state index is 10.8. The molecular weight excluding hydrogens is 196 g/mol. The summed E-state index contributed by atoms with van der Waals surface area (Å²) in [6, 6.07) is 1.91. The van der Waals surface area contributed by atoms with Crippen molar-refractivity contribution in [3.05, 3.63) is 23.7 Å². The van der Waals surface area contributed by atoms with Crippen molar-refractivity contribution in [2.75, 3.05) is 13.1 Å². The third-order valence-electron chi connectivity index (χ3n) is 2.64. The van der Waals surface area contributed by atoms with Crippen molar-refractivity contribution in [1.29, 1.82) is 0 Å². The first kappa shape index (κ1) is 10.2. The first-order valence-electron chi connectivity index (χ1n) is 4.94. The van der Waals surface area contributed by atoms with Gasteiger partial charge in [0, 0.05) is 31.2 Å². The maximum Gasteiger partial charge on any atom is 0.372 e. The van der Waals surface area contributed by atoms with Crippen LogP contribution in [0.3, 0.4) is 0 Å². The number of nitrogens with zero attached hydrogens (tertiary/aromatic N) is 1. The molecule has 1 aromatic rings. The van der Waals surface area contributed by atoms with E-state index in [1.807, 2.05) is 0 Å². The first-order chi connectivity index (χ1) is 7.16. The van der Waals surface area contributed by atoms with Crippen LogP contribution < -0.4 is 5.73 Å². The molecule has 3 N–H and O–H groups in total. The van der Waals surface area contributed by atoms with Gasteiger partial charge in [-0.05, 0) is 12.5 Å². The number of aromatic carboxylic acids is 1. The van der Waals surface area contributed by atoms with Gasteiger partial charge >= 0.3 is 5.97 Å². The van der Waals surface area contributed by atoms with Gasteiger partial charge in [-0.1, -0.05) is 0 Å². The molecule has 0 spiro atoms. The molecule has 0 aliphatic carbocycles. The minimum absolute atomic E-state index is 0.0375. The monoisotopic (exact) mass is 210 g/mol. The highest BCUT2D eigenvalue weighted by Crippen LogP contribution is 2.16. The molecule has 1 saturated heterocycles. The van der Waals surface area contributed by atoms with Crippen LogP contribution in [0, 0.1) is 0 Å². The van der Waals surface area contributed by atoms with Crippen LogP contribution in [0.25, 0.3) is 0 Å².